The number of hydrogen-bond acceptors (Lipinski definition) is 4. The van der Waals surface area contributed by atoms with Gasteiger partial charge in [-0.1, -0.05) is 202 Å². The molecule has 0 fully saturated rings. The van der Waals surface area contributed by atoms with Gasteiger partial charge in [0.15, 0.2) is 24.8 Å². The molecule has 0 radical (unpaired) electrons. The fourth-order valence-corrected chi connectivity index (χ4v) is 2.48. The molecule has 10 N–H and O–H groups in total. The van der Waals surface area contributed by atoms with E-state index in [9.17, 15) is 0 Å². The van der Waals surface area contributed by atoms with Crippen molar-refractivity contribution in [2.75, 3.05) is 11.5 Å². The zero-order chi connectivity index (χ0) is 48.3. The number of unbranched alkanes of at least 4 members (excludes halogenated alkanes) is 1. The zero-order valence-corrected chi connectivity index (χ0v) is 45.5. The monoisotopic (exact) mass is 889 g/mol. The van der Waals surface area contributed by atoms with Gasteiger partial charge in [-0.3, -0.25) is 0 Å². The van der Waals surface area contributed by atoms with Crippen molar-refractivity contribution in [2.45, 2.75) is 213 Å². The summed E-state index contributed by atoms with van der Waals surface area (Å²) in [5.74, 6) is 0. The standard InChI is InChI=1S/C9H14N.C7H10N.2C6H7N.2C6H12.C3H8.6C2H6.2CH4.2H3N/c1-2-3-7-10-8-5-4-6-9-10;1-2-8-6-4-3-5-7-8;2*7-6-4-2-1-3-5-6;2*1-5(2)6(3)4;1-3-2;6*1-2;;;;/h4-6,8-9H,2-3,7H2,1H3;3-7H,2H2,1H3;2*1-5H,7H2;2*1-4H3;3H2,1-2H3;6*1-2H3;2*1H4;2*1H3/q2*+1;;;;;;;;;;;;;;;. The highest BCUT2D eigenvalue weighted by atomic mass is 14.9. The number of allylic oxidation sites excluding steroid dienone is 4. The number of hydrogen-bond donors (Lipinski definition) is 4. The van der Waals surface area contributed by atoms with Crippen molar-refractivity contribution >= 4 is 11.4 Å². The van der Waals surface area contributed by atoms with E-state index in [2.05, 4.69) is 129 Å². The summed E-state index contributed by atoms with van der Waals surface area (Å²) in [6, 6.07) is 31.2. The van der Waals surface area contributed by atoms with Crippen molar-refractivity contribution in [3.8, 4) is 0 Å². The number of aromatic nitrogens is 2. The van der Waals surface area contributed by atoms with Gasteiger partial charge in [-0.2, -0.15) is 0 Å². The lowest BCUT2D eigenvalue weighted by atomic mass is 10.2. The van der Waals surface area contributed by atoms with Gasteiger partial charge in [0.2, 0.25) is 0 Å². The summed E-state index contributed by atoms with van der Waals surface area (Å²) in [5, 5.41) is 0. The van der Waals surface area contributed by atoms with Crippen molar-refractivity contribution in [2.24, 2.45) is 0 Å². The molecule has 0 aliphatic rings. The Morgan fingerprint density at radius 1 is 0.381 bits per heavy atom. The average Bonchev–Trinajstić information content (AvgIpc) is 3.29. The lowest BCUT2D eigenvalue weighted by Crippen LogP contribution is -2.31. The van der Waals surface area contributed by atoms with Crippen LogP contribution in [0.4, 0.5) is 11.4 Å². The number of rotatable bonds is 4. The van der Waals surface area contributed by atoms with Gasteiger partial charge in [0.1, 0.15) is 13.1 Å². The molecule has 0 spiro atoms. The minimum atomic E-state index is 0. The van der Waals surface area contributed by atoms with Crippen molar-refractivity contribution in [1.29, 1.82) is 0 Å². The molecule has 0 aliphatic carbocycles. The molecule has 2 aromatic carbocycles. The summed E-state index contributed by atoms with van der Waals surface area (Å²) < 4.78 is 4.34. The van der Waals surface area contributed by atoms with Crippen LogP contribution in [0.1, 0.15) is 200 Å². The average molecular weight is 890 g/mol. The summed E-state index contributed by atoms with van der Waals surface area (Å²) in [4.78, 5) is 0. The van der Waals surface area contributed by atoms with E-state index in [1.807, 2.05) is 168 Å². The first-order valence-corrected chi connectivity index (χ1v) is 23.1. The van der Waals surface area contributed by atoms with Gasteiger partial charge in [0, 0.05) is 42.1 Å². The normalized spacial score (nSPS) is 6.98. The SMILES string of the molecule is C.C.CC.CC.CC.CC.CC.CC.CC(C)=C(C)C.CC(C)=C(C)C.CCC.CCCC[n+]1ccccc1.CC[n+]1ccccc1.N.N.Nc1ccccc1.Nc1ccccc1. The van der Waals surface area contributed by atoms with Crippen molar-refractivity contribution in [3.05, 3.63) is 144 Å². The van der Waals surface area contributed by atoms with Gasteiger partial charge in [0.25, 0.3) is 0 Å². The first-order valence-electron chi connectivity index (χ1n) is 23.1. The lowest BCUT2D eigenvalue weighted by Gasteiger charge is -1.91. The van der Waals surface area contributed by atoms with E-state index in [-0.39, 0.29) is 27.2 Å². The van der Waals surface area contributed by atoms with Crippen LogP contribution < -0.4 is 32.9 Å². The van der Waals surface area contributed by atoms with E-state index in [4.69, 9.17) is 11.5 Å². The summed E-state index contributed by atoms with van der Waals surface area (Å²) in [7, 11) is 0. The Bertz CT molecular complexity index is 1160. The van der Waals surface area contributed by atoms with Gasteiger partial charge in [0.05, 0.1) is 0 Å². The summed E-state index contributed by atoms with van der Waals surface area (Å²) >= 11 is 0. The number of anilines is 2. The predicted molar refractivity (Wildman–Crippen MR) is 303 cm³/mol. The van der Waals surface area contributed by atoms with Crippen LogP contribution in [0, 0.1) is 0 Å². The van der Waals surface area contributed by atoms with E-state index in [0.29, 0.717) is 0 Å². The summed E-state index contributed by atoms with van der Waals surface area (Å²) in [6.45, 7) is 51.8. The highest BCUT2D eigenvalue weighted by Gasteiger charge is 1.93. The van der Waals surface area contributed by atoms with Crippen LogP contribution in [-0.4, -0.2) is 0 Å². The van der Waals surface area contributed by atoms with E-state index < -0.39 is 0 Å². The van der Waals surface area contributed by atoms with E-state index in [0.717, 1.165) is 24.5 Å². The lowest BCUT2D eigenvalue weighted by molar-refractivity contribution is -0.697. The molecular formula is C57H120N6+2. The number of pyridine rings is 2. The third kappa shape index (κ3) is 103. The topological polar surface area (TPSA) is 130 Å². The number of benzene rings is 2. The number of nitrogens with zero attached hydrogens (tertiary/aromatic N) is 2. The molecule has 376 valence electrons. The van der Waals surface area contributed by atoms with E-state index in [1.165, 1.54) is 41.6 Å². The van der Waals surface area contributed by atoms with Gasteiger partial charge < -0.3 is 23.8 Å². The Morgan fingerprint density at radius 2 is 0.587 bits per heavy atom. The second kappa shape index (κ2) is 92.9. The molecule has 0 unspecified atom stereocenters. The van der Waals surface area contributed by atoms with Crippen LogP contribution in [0.3, 0.4) is 0 Å². The quantitative estimate of drug-likeness (QED) is 0.0923. The van der Waals surface area contributed by atoms with Crippen LogP contribution in [0.25, 0.3) is 0 Å². The molecule has 4 rings (SSSR count). The maximum Gasteiger partial charge on any atom is 0.168 e. The van der Waals surface area contributed by atoms with Crippen LogP contribution in [0.2, 0.25) is 0 Å². The number of nitrogen functional groups attached to an aromatic ring is 2. The predicted octanol–water partition coefficient (Wildman–Crippen LogP) is 19.2. The zero-order valence-electron chi connectivity index (χ0n) is 45.5. The second-order valence-corrected chi connectivity index (χ2v) is 11.7. The van der Waals surface area contributed by atoms with Crippen LogP contribution in [-0.2, 0) is 13.1 Å². The summed E-state index contributed by atoms with van der Waals surface area (Å²) in [5.41, 5.74) is 18.1. The molecule has 0 saturated carbocycles. The second-order valence-electron chi connectivity index (χ2n) is 11.7. The molecule has 0 amide bonds. The molecular weight excluding hydrogens is 769 g/mol. The fourth-order valence-electron chi connectivity index (χ4n) is 2.48. The number of nitrogens with two attached hydrogens (primary N) is 2. The third-order valence-corrected chi connectivity index (χ3v) is 6.29. The molecule has 2 aromatic heterocycles. The van der Waals surface area contributed by atoms with E-state index in [1.54, 1.807) is 0 Å². The van der Waals surface area contributed by atoms with Crippen molar-refractivity contribution in [1.82, 2.24) is 12.3 Å². The molecule has 0 bridgehead atoms. The minimum Gasteiger partial charge on any atom is -0.399 e. The molecule has 63 heavy (non-hydrogen) atoms. The highest BCUT2D eigenvalue weighted by Crippen LogP contribution is 1.98. The fraction of sp³-hybridized carbons (Fsp3) is 0.544. The highest BCUT2D eigenvalue weighted by molar-refractivity contribution is 5.36. The van der Waals surface area contributed by atoms with Crippen LogP contribution in [0.5, 0.6) is 0 Å². The Balaban J connectivity index is -0.0000000405. The summed E-state index contributed by atoms with van der Waals surface area (Å²) in [6.07, 6.45) is 12.1. The Labute approximate surface area is 400 Å². The number of para-hydroxylation sites is 2. The third-order valence-electron chi connectivity index (χ3n) is 6.29. The van der Waals surface area contributed by atoms with Crippen molar-refractivity contribution < 1.29 is 9.13 Å². The number of aryl methyl sites for hydroxylation is 2. The van der Waals surface area contributed by atoms with Crippen LogP contribution in [0.15, 0.2) is 144 Å². The van der Waals surface area contributed by atoms with Gasteiger partial charge in [-0.25, -0.2) is 9.13 Å². The molecule has 0 atom stereocenters. The smallest absolute Gasteiger partial charge is 0.168 e. The molecule has 4 aromatic rings. The maximum atomic E-state index is 5.36. The van der Waals surface area contributed by atoms with E-state index >= 15 is 0 Å². The molecule has 0 saturated heterocycles. The largest absolute Gasteiger partial charge is 0.399 e. The minimum absolute atomic E-state index is 0. The molecule has 6 nitrogen and oxygen atoms in total. The molecule has 6 heteroatoms. The van der Waals surface area contributed by atoms with Crippen LogP contribution >= 0.6 is 0 Å². The van der Waals surface area contributed by atoms with Gasteiger partial charge >= 0.3 is 0 Å². The van der Waals surface area contributed by atoms with Gasteiger partial charge in [-0.05, 0) is 86.6 Å². The maximum absolute atomic E-state index is 5.36. The Kier molecular flexibility index (Phi) is 138. The Hall–Kier alpha value is -4.26. The molecule has 2 heterocycles. The molecule has 0 aliphatic heterocycles. The van der Waals surface area contributed by atoms with Crippen molar-refractivity contribution in [3.63, 3.8) is 0 Å². The van der Waals surface area contributed by atoms with Gasteiger partial charge in [-0.15, -0.1) is 0 Å². The first kappa shape index (κ1) is 93.6. The Morgan fingerprint density at radius 3 is 0.730 bits per heavy atom. The first-order chi connectivity index (χ1) is 28.4.